The molecular formula is C32H36N4O7. The van der Waals surface area contributed by atoms with Gasteiger partial charge in [-0.1, -0.05) is 56.3 Å². The maximum Gasteiger partial charge on any atom is 0.255 e. The van der Waals surface area contributed by atoms with Crippen LogP contribution in [0.1, 0.15) is 48.3 Å². The molecule has 11 heteroatoms. The molecule has 5 rings (SSSR count). The summed E-state index contributed by atoms with van der Waals surface area (Å²) in [4.78, 5) is 53.0. The summed E-state index contributed by atoms with van der Waals surface area (Å²) in [6.45, 7) is 4.58. The zero-order chi connectivity index (χ0) is 31.1. The fraction of sp³-hybridized carbons (Fsp3) is 0.312. The number of aliphatic hydroxyl groups is 1. The number of amides is 4. The van der Waals surface area contributed by atoms with Crippen molar-refractivity contribution in [3.63, 3.8) is 0 Å². The summed E-state index contributed by atoms with van der Waals surface area (Å²) < 4.78 is 5.89. The van der Waals surface area contributed by atoms with Gasteiger partial charge in [0.1, 0.15) is 35.4 Å². The number of rotatable bonds is 5. The highest BCUT2D eigenvalue weighted by molar-refractivity contribution is 6.00. The van der Waals surface area contributed by atoms with Crippen LogP contribution in [0.4, 0.5) is 0 Å². The van der Waals surface area contributed by atoms with E-state index < -0.39 is 47.8 Å². The van der Waals surface area contributed by atoms with E-state index in [0.29, 0.717) is 16.9 Å². The van der Waals surface area contributed by atoms with E-state index in [4.69, 9.17) is 4.74 Å². The lowest BCUT2D eigenvalue weighted by atomic mass is 10.0. The summed E-state index contributed by atoms with van der Waals surface area (Å²) >= 11 is 0. The second-order valence-electron chi connectivity index (χ2n) is 10.8. The van der Waals surface area contributed by atoms with Crippen LogP contribution in [0, 0.1) is 5.92 Å². The summed E-state index contributed by atoms with van der Waals surface area (Å²) in [5.74, 6) is -2.37. The smallest absolute Gasteiger partial charge is 0.255 e. The van der Waals surface area contributed by atoms with Gasteiger partial charge in [-0.15, -0.1) is 0 Å². The van der Waals surface area contributed by atoms with Gasteiger partial charge in [0.25, 0.3) is 5.91 Å². The Kier molecular flexibility index (Phi) is 9.99. The van der Waals surface area contributed by atoms with Crippen LogP contribution in [-0.2, 0) is 20.8 Å². The van der Waals surface area contributed by atoms with Crippen molar-refractivity contribution in [1.29, 1.82) is 0 Å². The number of hydrogen-bond acceptors (Lipinski definition) is 7. The van der Waals surface area contributed by atoms with Crippen molar-refractivity contribution in [3.8, 4) is 17.2 Å². The van der Waals surface area contributed by atoms with E-state index >= 15 is 0 Å². The lowest BCUT2D eigenvalue weighted by molar-refractivity contribution is -0.132. The average molecular weight is 589 g/mol. The zero-order valence-electron chi connectivity index (χ0n) is 24.2. The Morgan fingerprint density at radius 3 is 2.26 bits per heavy atom. The van der Waals surface area contributed by atoms with Crippen LogP contribution in [-0.4, -0.2) is 58.6 Å². The van der Waals surface area contributed by atoms with Crippen molar-refractivity contribution in [2.75, 3.05) is 6.61 Å². The first kappa shape index (κ1) is 31.0. The summed E-state index contributed by atoms with van der Waals surface area (Å²) in [7, 11) is 0. The lowest BCUT2D eigenvalue weighted by Crippen LogP contribution is -2.57. The fourth-order valence-electron chi connectivity index (χ4n) is 4.65. The van der Waals surface area contributed by atoms with Crippen molar-refractivity contribution in [3.05, 3.63) is 89.5 Å². The van der Waals surface area contributed by atoms with Gasteiger partial charge in [-0.2, -0.15) is 0 Å². The molecule has 0 saturated heterocycles. The number of carbonyl (C=O) groups is 4. The number of phenolic OH excluding ortho intramolecular Hbond substituents is 1. The van der Waals surface area contributed by atoms with Crippen molar-refractivity contribution >= 4 is 23.6 Å². The molecule has 2 heterocycles. The summed E-state index contributed by atoms with van der Waals surface area (Å²) in [6.07, 6.45) is 0.111. The third-order valence-corrected chi connectivity index (χ3v) is 7.13. The Morgan fingerprint density at radius 1 is 0.930 bits per heavy atom. The summed E-state index contributed by atoms with van der Waals surface area (Å²) in [6, 6.07) is 16.2. The minimum absolute atomic E-state index is 0.0787. The Hall–Kier alpha value is -4.90. The number of carbonyl (C=O) groups excluding carboxylic acids is 4. The molecular weight excluding hydrogens is 552 g/mol. The van der Waals surface area contributed by atoms with Crippen molar-refractivity contribution in [1.82, 2.24) is 21.3 Å². The van der Waals surface area contributed by atoms with Gasteiger partial charge in [-0.3, -0.25) is 19.2 Å². The van der Waals surface area contributed by atoms with Crippen LogP contribution in [0.25, 0.3) is 0 Å². The van der Waals surface area contributed by atoms with Crippen LogP contribution in [0.3, 0.4) is 0 Å². The van der Waals surface area contributed by atoms with E-state index in [0.717, 1.165) is 0 Å². The third-order valence-electron chi connectivity index (χ3n) is 7.13. The number of phenols is 1. The SMILES string of the molecule is CC(C)[C@@H]1NC(=O)c2cc(ccc2O)Oc2ccc(cc2)C[C@H](C(=O)N[C@@H](CO)c2ccccc2)NC(=O)[C@H](C)NC1=O. The van der Waals surface area contributed by atoms with Crippen molar-refractivity contribution in [2.24, 2.45) is 5.92 Å². The second-order valence-corrected chi connectivity index (χ2v) is 10.8. The van der Waals surface area contributed by atoms with Gasteiger partial charge in [-0.25, -0.2) is 0 Å². The molecule has 0 aromatic heterocycles. The predicted molar refractivity (Wildman–Crippen MR) is 158 cm³/mol. The number of benzene rings is 3. The van der Waals surface area contributed by atoms with Gasteiger partial charge in [-0.05, 0) is 54.3 Å². The van der Waals surface area contributed by atoms with E-state index in [2.05, 4.69) is 21.3 Å². The van der Waals surface area contributed by atoms with Gasteiger partial charge in [0, 0.05) is 6.42 Å². The van der Waals surface area contributed by atoms with Gasteiger partial charge in [0.05, 0.1) is 18.2 Å². The first-order valence-corrected chi connectivity index (χ1v) is 14.0. The monoisotopic (exact) mass is 588 g/mol. The fourth-order valence-corrected chi connectivity index (χ4v) is 4.65. The molecule has 0 saturated carbocycles. The molecule has 3 aromatic rings. The van der Waals surface area contributed by atoms with Crippen LogP contribution in [0.5, 0.6) is 17.2 Å². The van der Waals surface area contributed by atoms with Crippen molar-refractivity contribution in [2.45, 2.75) is 51.4 Å². The standard InChI is InChI=1S/C32H36N4O7/c1-18(2)28-32(42)33-19(3)29(39)34-25(31(41)35-26(17-37)21-7-5-4-6-8-21)15-20-9-11-22(12-10-20)43-23-13-14-27(38)24(16-23)30(40)36-28/h4-14,16,18-19,25-26,28,37-38H,15,17H2,1-3H3,(H,33,42)(H,34,39)(H,35,41)(H,36,40)/t19-,25+,26-,28-/m0/s1. The molecule has 4 amide bonds. The van der Waals surface area contributed by atoms with Crippen molar-refractivity contribution < 1.29 is 34.1 Å². The molecule has 0 unspecified atom stereocenters. The Labute approximate surface area is 249 Å². The molecule has 11 nitrogen and oxygen atoms in total. The predicted octanol–water partition coefficient (Wildman–Crippen LogP) is 2.33. The molecule has 0 spiro atoms. The number of aliphatic hydroxyl groups excluding tert-OH is 1. The van der Waals surface area contributed by atoms with Crippen LogP contribution >= 0.6 is 0 Å². The topological polar surface area (TPSA) is 166 Å². The minimum Gasteiger partial charge on any atom is -0.507 e. The number of ether oxygens (including phenoxy) is 1. The minimum atomic E-state index is -1.06. The highest BCUT2D eigenvalue weighted by Crippen LogP contribution is 2.28. The van der Waals surface area contributed by atoms with Gasteiger partial charge < -0.3 is 36.2 Å². The Balaban J connectivity index is 1.66. The van der Waals surface area contributed by atoms with Crippen LogP contribution < -0.4 is 26.0 Å². The molecule has 0 radical (unpaired) electrons. The zero-order valence-corrected chi connectivity index (χ0v) is 24.2. The molecule has 3 aromatic carbocycles. The molecule has 226 valence electrons. The third kappa shape index (κ3) is 7.89. The molecule has 4 atom stereocenters. The highest BCUT2D eigenvalue weighted by Gasteiger charge is 2.31. The van der Waals surface area contributed by atoms with E-state index in [1.807, 2.05) is 6.07 Å². The van der Waals surface area contributed by atoms with E-state index in [1.54, 1.807) is 62.4 Å². The highest BCUT2D eigenvalue weighted by atomic mass is 16.5. The second kappa shape index (κ2) is 13.8. The lowest BCUT2D eigenvalue weighted by Gasteiger charge is -2.26. The largest absolute Gasteiger partial charge is 0.507 e. The molecule has 6 N–H and O–H groups in total. The molecule has 2 aliphatic heterocycles. The van der Waals surface area contributed by atoms with E-state index in [9.17, 15) is 29.4 Å². The summed E-state index contributed by atoms with van der Waals surface area (Å²) in [5.41, 5.74) is 1.33. The summed E-state index contributed by atoms with van der Waals surface area (Å²) in [5, 5.41) is 31.1. The molecule has 2 aliphatic rings. The van der Waals surface area contributed by atoms with E-state index in [1.165, 1.54) is 25.1 Å². The molecule has 4 bridgehead atoms. The number of nitrogens with one attached hydrogen (secondary N) is 4. The normalized spacial score (nSPS) is 20.1. The molecule has 0 aliphatic carbocycles. The van der Waals surface area contributed by atoms with Crippen LogP contribution in [0.2, 0.25) is 0 Å². The Bertz CT molecular complexity index is 1460. The first-order chi connectivity index (χ1) is 20.5. The maximum absolute atomic E-state index is 13.5. The molecule has 0 fully saturated rings. The Morgan fingerprint density at radius 2 is 1.60 bits per heavy atom. The number of hydrogen-bond donors (Lipinski definition) is 6. The van der Waals surface area contributed by atoms with Gasteiger partial charge in [0.15, 0.2) is 0 Å². The number of fused-ring (bicyclic) bond motifs is 11. The van der Waals surface area contributed by atoms with Gasteiger partial charge >= 0.3 is 0 Å². The maximum atomic E-state index is 13.5. The van der Waals surface area contributed by atoms with Crippen LogP contribution in [0.15, 0.2) is 72.8 Å². The number of aromatic hydroxyl groups is 1. The first-order valence-electron chi connectivity index (χ1n) is 14.0. The average Bonchev–Trinajstić information content (AvgIpc) is 2.99. The quantitative estimate of drug-likeness (QED) is 0.249. The van der Waals surface area contributed by atoms with E-state index in [-0.39, 0.29) is 36.0 Å². The van der Waals surface area contributed by atoms with Gasteiger partial charge in [0.2, 0.25) is 17.7 Å². The molecule has 43 heavy (non-hydrogen) atoms.